The van der Waals surface area contributed by atoms with Crippen LogP contribution >= 0.6 is 0 Å². The Morgan fingerprint density at radius 3 is 2.40 bits per heavy atom. The molecule has 1 saturated heterocycles. The number of ether oxygens (including phenoxy) is 4. The van der Waals surface area contributed by atoms with Crippen molar-refractivity contribution in [3.05, 3.63) is 12.7 Å². The highest BCUT2D eigenvalue weighted by Gasteiger charge is 2.44. The normalized spacial score (nSPS) is 28.0. The van der Waals surface area contributed by atoms with Crippen LogP contribution in [0.4, 0.5) is 4.79 Å². The van der Waals surface area contributed by atoms with Crippen LogP contribution in [0.3, 0.4) is 0 Å². The molecule has 1 heterocycles. The number of methoxy groups -OCH3 is 1. The van der Waals surface area contributed by atoms with Gasteiger partial charge in [0.15, 0.2) is 12.3 Å². The van der Waals surface area contributed by atoms with E-state index < -0.39 is 74.0 Å². The largest absolute Gasteiger partial charge is 0.467 e. The van der Waals surface area contributed by atoms with Crippen molar-refractivity contribution in [1.82, 2.24) is 10.6 Å². The van der Waals surface area contributed by atoms with E-state index >= 15 is 0 Å². The molecule has 30 heavy (non-hydrogen) atoms. The second-order valence-electron chi connectivity index (χ2n) is 6.37. The van der Waals surface area contributed by atoms with Crippen molar-refractivity contribution in [2.75, 3.05) is 26.9 Å². The molecule has 2 amide bonds. The van der Waals surface area contributed by atoms with Gasteiger partial charge < -0.3 is 50.0 Å². The average molecular weight is 436 g/mol. The summed E-state index contributed by atoms with van der Waals surface area (Å²) in [6.45, 7) is 3.46. The van der Waals surface area contributed by atoms with E-state index in [-0.39, 0.29) is 6.61 Å². The van der Waals surface area contributed by atoms with Crippen molar-refractivity contribution in [2.45, 2.75) is 49.7 Å². The van der Waals surface area contributed by atoms with Crippen molar-refractivity contribution in [1.29, 1.82) is 0 Å². The van der Waals surface area contributed by atoms with Crippen LogP contribution in [0.1, 0.15) is 6.92 Å². The second-order valence-corrected chi connectivity index (χ2v) is 6.37. The summed E-state index contributed by atoms with van der Waals surface area (Å²) < 4.78 is 19.7. The number of esters is 1. The summed E-state index contributed by atoms with van der Waals surface area (Å²) in [6.07, 6.45) is -7.17. The molecule has 0 aliphatic carbocycles. The van der Waals surface area contributed by atoms with Crippen LogP contribution in [0, 0.1) is 0 Å². The number of nitrogens with one attached hydrogen (secondary N) is 2. The average Bonchev–Trinajstić information content (AvgIpc) is 2.73. The number of rotatable bonds is 10. The second kappa shape index (κ2) is 12.4. The van der Waals surface area contributed by atoms with Crippen LogP contribution in [0.25, 0.3) is 0 Å². The number of amides is 2. The molecule has 0 aromatic carbocycles. The van der Waals surface area contributed by atoms with E-state index in [1.165, 1.54) is 13.0 Å². The minimum Gasteiger partial charge on any atom is -0.467 e. The summed E-state index contributed by atoms with van der Waals surface area (Å²) in [4.78, 5) is 35.7. The van der Waals surface area contributed by atoms with Crippen molar-refractivity contribution < 1.29 is 53.8 Å². The molecule has 172 valence electrons. The third-order valence-electron chi connectivity index (χ3n) is 4.14. The first-order valence-electron chi connectivity index (χ1n) is 9.00. The topological polar surface area (TPSA) is 193 Å². The summed E-state index contributed by atoms with van der Waals surface area (Å²) in [5.41, 5.74) is 0. The van der Waals surface area contributed by atoms with Gasteiger partial charge in [0.2, 0.25) is 5.91 Å². The first-order valence-corrected chi connectivity index (χ1v) is 9.00. The Bertz CT molecular complexity index is 600. The number of aliphatic hydroxyl groups is 4. The fourth-order valence-electron chi connectivity index (χ4n) is 2.42. The number of carbonyl (C=O) groups excluding carboxylic acids is 3. The zero-order valence-electron chi connectivity index (χ0n) is 16.6. The molecule has 6 N–H and O–H groups in total. The van der Waals surface area contributed by atoms with E-state index in [1.54, 1.807) is 0 Å². The number of hydrogen-bond donors (Lipinski definition) is 6. The van der Waals surface area contributed by atoms with Crippen LogP contribution in [-0.4, -0.2) is 108 Å². The fourth-order valence-corrected chi connectivity index (χ4v) is 2.42. The van der Waals surface area contributed by atoms with E-state index in [9.17, 15) is 34.8 Å². The van der Waals surface area contributed by atoms with Gasteiger partial charge in [-0.25, -0.2) is 9.59 Å². The van der Waals surface area contributed by atoms with Crippen molar-refractivity contribution in [2.24, 2.45) is 0 Å². The molecular formula is C17H28N2O11. The Hall–Kier alpha value is -2.29. The summed E-state index contributed by atoms with van der Waals surface area (Å²) >= 11 is 0. The maximum Gasteiger partial charge on any atom is 0.408 e. The van der Waals surface area contributed by atoms with E-state index in [0.29, 0.717) is 0 Å². The van der Waals surface area contributed by atoms with E-state index in [0.717, 1.165) is 7.11 Å². The Morgan fingerprint density at radius 1 is 1.17 bits per heavy atom. The molecule has 13 nitrogen and oxygen atoms in total. The molecule has 13 heteroatoms. The van der Waals surface area contributed by atoms with Crippen molar-refractivity contribution in [3.63, 3.8) is 0 Å². The van der Waals surface area contributed by atoms with Gasteiger partial charge in [-0.15, -0.1) is 0 Å². The van der Waals surface area contributed by atoms with E-state index in [4.69, 9.17) is 14.2 Å². The lowest BCUT2D eigenvalue weighted by Crippen LogP contribution is -2.60. The molecule has 1 aliphatic rings. The minimum absolute atomic E-state index is 0.0576. The molecule has 1 fully saturated rings. The van der Waals surface area contributed by atoms with Gasteiger partial charge in [0.25, 0.3) is 0 Å². The lowest BCUT2D eigenvalue weighted by molar-refractivity contribution is -0.301. The quantitative estimate of drug-likeness (QED) is 0.149. The third kappa shape index (κ3) is 7.19. The highest BCUT2D eigenvalue weighted by atomic mass is 16.7. The molecule has 1 aliphatic heterocycles. The van der Waals surface area contributed by atoms with Crippen LogP contribution in [0.2, 0.25) is 0 Å². The standard InChI is InChI=1S/C17H28N2O11/c1-4-5-28-17(26)18-8(2)14(24)19-9(15(25)27-3)7-29-16-13(23)12(22)11(21)10(6-20)30-16/h4,8-13,16,20-23H,1,5-7H2,2-3H3,(H,18,26)(H,19,24)/t8?,9-,10+,11-,12-,13+,16+/m0/s1. The molecular weight excluding hydrogens is 408 g/mol. The minimum atomic E-state index is -1.68. The predicted molar refractivity (Wildman–Crippen MR) is 97.8 cm³/mol. The molecule has 1 rings (SSSR count). The Kier molecular flexibility index (Phi) is 10.7. The van der Waals surface area contributed by atoms with Crippen LogP contribution in [0.5, 0.6) is 0 Å². The number of hydrogen-bond acceptors (Lipinski definition) is 11. The molecule has 1 unspecified atom stereocenters. The van der Waals surface area contributed by atoms with Gasteiger partial charge in [0.1, 0.15) is 37.1 Å². The van der Waals surface area contributed by atoms with Gasteiger partial charge in [-0.05, 0) is 6.92 Å². The lowest BCUT2D eigenvalue weighted by Gasteiger charge is -2.39. The summed E-state index contributed by atoms with van der Waals surface area (Å²) in [6, 6.07) is -2.44. The lowest BCUT2D eigenvalue weighted by atomic mass is 9.99. The molecule has 7 atom stereocenters. The van der Waals surface area contributed by atoms with Crippen LogP contribution in [-0.2, 0) is 28.5 Å². The van der Waals surface area contributed by atoms with E-state index in [1.807, 2.05) is 0 Å². The zero-order valence-corrected chi connectivity index (χ0v) is 16.6. The number of aliphatic hydroxyl groups excluding tert-OH is 4. The predicted octanol–water partition coefficient (Wildman–Crippen LogP) is -3.24. The number of alkyl carbamates (subject to hydrolysis) is 1. The monoisotopic (exact) mass is 436 g/mol. The molecule has 0 bridgehead atoms. The number of carbonyl (C=O) groups is 3. The first kappa shape index (κ1) is 25.7. The van der Waals surface area contributed by atoms with Gasteiger partial charge in [-0.2, -0.15) is 0 Å². The zero-order chi connectivity index (χ0) is 22.8. The highest BCUT2D eigenvalue weighted by Crippen LogP contribution is 2.22. The molecule has 0 spiro atoms. The summed E-state index contributed by atoms with van der Waals surface area (Å²) in [5.74, 6) is -1.66. The van der Waals surface area contributed by atoms with Gasteiger partial charge in [0.05, 0.1) is 20.3 Å². The molecule has 0 radical (unpaired) electrons. The molecule has 0 aromatic heterocycles. The van der Waals surface area contributed by atoms with Gasteiger partial charge in [-0.3, -0.25) is 4.79 Å². The maximum absolute atomic E-state index is 12.2. The van der Waals surface area contributed by atoms with Crippen molar-refractivity contribution >= 4 is 18.0 Å². The van der Waals surface area contributed by atoms with Gasteiger partial charge in [0, 0.05) is 0 Å². The maximum atomic E-state index is 12.2. The van der Waals surface area contributed by atoms with Gasteiger partial charge >= 0.3 is 12.1 Å². The Labute approximate surface area is 172 Å². The molecule has 0 aromatic rings. The first-order chi connectivity index (χ1) is 14.2. The van der Waals surface area contributed by atoms with Crippen molar-refractivity contribution in [3.8, 4) is 0 Å². The Morgan fingerprint density at radius 2 is 1.83 bits per heavy atom. The Balaban J connectivity index is 2.69. The fraction of sp³-hybridized carbons (Fsp3) is 0.706. The smallest absolute Gasteiger partial charge is 0.408 e. The van der Waals surface area contributed by atoms with E-state index in [2.05, 4.69) is 21.9 Å². The van der Waals surface area contributed by atoms with Crippen LogP contribution in [0.15, 0.2) is 12.7 Å². The summed E-state index contributed by atoms with van der Waals surface area (Å²) in [7, 11) is 1.07. The molecule has 0 saturated carbocycles. The van der Waals surface area contributed by atoms with Gasteiger partial charge in [-0.1, -0.05) is 12.7 Å². The third-order valence-corrected chi connectivity index (χ3v) is 4.14. The summed E-state index contributed by atoms with van der Waals surface area (Å²) in [5, 5.41) is 43.2. The SMILES string of the molecule is C=CCOC(=O)NC(C)C(=O)N[C@@H](CO[C@@H]1O[C@H](CO)[C@H](O)[C@H](O)[C@H]1O)C(=O)OC. The highest BCUT2D eigenvalue weighted by molar-refractivity contribution is 5.89. The van der Waals surface area contributed by atoms with Crippen LogP contribution < -0.4 is 10.6 Å².